The minimum atomic E-state index is 0.679. The van der Waals surface area contributed by atoms with E-state index in [1.165, 1.54) is 22.3 Å². The second kappa shape index (κ2) is 10.4. The molecular formula is C24H33N5. The molecule has 0 aliphatic heterocycles. The fraction of sp³-hybridized carbons (Fsp3) is 0.292. The van der Waals surface area contributed by atoms with Gasteiger partial charge in [-0.15, -0.1) is 0 Å². The SMILES string of the molecule is C=NNCCC(=C)N(C)CC(=C)Nc1cccc(-c2cccc(NC)c2C)c1C. The molecule has 0 spiro atoms. The van der Waals surface area contributed by atoms with Crippen LogP contribution in [0.5, 0.6) is 0 Å². The number of anilines is 2. The van der Waals surface area contributed by atoms with Crippen LogP contribution in [0.15, 0.2) is 66.1 Å². The Bertz CT molecular complexity index is 885. The molecular weight excluding hydrogens is 358 g/mol. The molecule has 0 radical (unpaired) electrons. The first-order chi connectivity index (χ1) is 13.9. The minimum absolute atomic E-state index is 0.679. The highest BCUT2D eigenvalue weighted by Crippen LogP contribution is 2.33. The summed E-state index contributed by atoms with van der Waals surface area (Å²) in [6, 6.07) is 12.7. The number of nitrogens with zero attached hydrogens (tertiary/aromatic N) is 2. The number of hydrogen-bond acceptors (Lipinski definition) is 5. The van der Waals surface area contributed by atoms with Crippen LogP contribution in [0.4, 0.5) is 11.4 Å². The van der Waals surface area contributed by atoms with Crippen LogP contribution in [-0.4, -0.2) is 38.8 Å². The van der Waals surface area contributed by atoms with Crippen molar-refractivity contribution in [3.05, 3.63) is 72.1 Å². The Morgan fingerprint density at radius 2 is 1.59 bits per heavy atom. The maximum atomic E-state index is 4.21. The van der Waals surface area contributed by atoms with Crippen molar-refractivity contribution in [3.63, 3.8) is 0 Å². The Morgan fingerprint density at radius 1 is 1.00 bits per heavy atom. The molecule has 2 aromatic carbocycles. The van der Waals surface area contributed by atoms with Crippen LogP contribution in [0.2, 0.25) is 0 Å². The molecule has 0 saturated carbocycles. The lowest BCUT2D eigenvalue weighted by Gasteiger charge is -2.24. The Morgan fingerprint density at radius 3 is 2.17 bits per heavy atom. The molecule has 2 rings (SSSR count). The first kappa shape index (κ1) is 22.1. The van der Waals surface area contributed by atoms with Gasteiger partial charge in [-0.25, -0.2) is 0 Å². The third kappa shape index (κ3) is 5.64. The molecule has 0 unspecified atom stereocenters. The van der Waals surface area contributed by atoms with Crippen LogP contribution < -0.4 is 16.1 Å². The Hall–Kier alpha value is -3.21. The summed E-state index contributed by atoms with van der Waals surface area (Å²) in [5.74, 6) is 0. The standard InChI is InChI=1S/C24H33N5/c1-17(16-29(7)18(2)14-15-27-26-6)28-24-13-9-11-22(20(24)4)21-10-8-12-23(25-5)19(21)3/h8-13,25,27-28H,1-2,6,14-16H2,3-5,7H3. The van der Waals surface area contributed by atoms with Gasteiger partial charge in [-0.05, 0) is 48.2 Å². The lowest BCUT2D eigenvalue weighted by atomic mass is 9.94. The molecule has 0 fully saturated rings. The molecule has 3 N–H and O–H groups in total. The van der Waals surface area contributed by atoms with Crippen LogP contribution in [-0.2, 0) is 0 Å². The topological polar surface area (TPSA) is 51.7 Å². The third-order valence-electron chi connectivity index (χ3n) is 5.14. The molecule has 0 bridgehead atoms. The summed E-state index contributed by atoms with van der Waals surface area (Å²) in [6.45, 7) is 17.5. The van der Waals surface area contributed by atoms with Gasteiger partial charge in [-0.3, -0.25) is 0 Å². The zero-order valence-corrected chi connectivity index (χ0v) is 18.1. The second-order valence-electron chi connectivity index (χ2n) is 7.17. The fourth-order valence-electron chi connectivity index (χ4n) is 3.36. The van der Waals surface area contributed by atoms with E-state index in [-0.39, 0.29) is 0 Å². The maximum Gasteiger partial charge on any atom is 0.0567 e. The van der Waals surface area contributed by atoms with E-state index >= 15 is 0 Å². The van der Waals surface area contributed by atoms with E-state index in [1.807, 2.05) is 14.1 Å². The lowest BCUT2D eigenvalue weighted by molar-refractivity contribution is 0.433. The molecule has 2 aromatic rings. The van der Waals surface area contributed by atoms with Gasteiger partial charge in [-0.1, -0.05) is 37.4 Å². The molecule has 154 valence electrons. The first-order valence-corrected chi connectivity index (χ1v) is 9.78. The highest BCUT2D eigenvalue weighted by atomic mass is 15.3. The number of benzene rings is 2. The molecule has 5 heteroatoms. The zero-order valence-electron chi connectivity index (χ0n) is 18.1. The molecule has 0 atom stereocenters. The summed E-state index contributed by atoms with van der Waals surface area (Å²) < 4.78 is 0. The molecule has 0 amide bonds. The largest absolute Gasteiger partial charge is 0.388 e. The van der Waals surface area contributed by atoms with Gasteiger partial charge in [-0.2, -0.15) is 5.10 Å². The zero-order chi connectivity index (χ0) is 21.4. The Labute approximate surface area is 175 Å². The maximum absolute atomic E-state index is 4.21. The quantitative estimate of drug-likeness (QED) is 0.287. The summed E-state index contributed by atoms with van der Waals surface area (Å²) >= 11 is 0. The van der Waals surface area contributed by atoms with Crippen molar-refractivity contribution in [2.75, 3.05) is 37.8 Å². The van der Waals surface area contributed by atoms with E-state index in [1.54, 1.807) is 0 Å². The first-order valence-electron chi connectivity index (χ1n) is 9.78. The van der Waals surface area contributed by atoms with Gasteiger partial charge in [0, 0.05) is 56.5 Å². The van der Waals surface area contributed by atoms with E-state index in [4.69, 9.17) is 0 Å². The van der Waals surface area contributed by atoms with Crippen molar-refractivity contribution in [2.45, 2.75) is 20.3 Å². The molecule has 0 aromatic heterocycles. The molecule has 0 saturated heterocycles. The third-order valence-corrected chi connectivity index (χ3v) is 5.14. The number of likely N-dealkylation sites (N-methyl/N-ethyl adjacent to an activating group) is 1. The minimum Gasteiger partial charge on any atom is -0.388 e. The van der Waals surface area contributed by atoms with E-state index in [0.717, 1.165) is 35.7 Å². The summed E-state index contributed by atoms with van der Waals surface area (Å²) in [5.41, 5.74) is 11.9. The van der Waals surface area contributed by atoms with Gasteiger partial charge in [0.2, 0.25) is 0 Å². The van der Waals surface area contributed by atoms with E-state index in [0.29, 0.717) is 6.54 Å². The van der Waals surface area contributed by atoms with Gasteiger partial charge in [0.05, 0.1) is 6.54 Å². The van der Waals surface area contributed by atoms with Crippen molar-refractivity contribution >= 4 is 18.1 Å². The molecule has 29 heavy (non-hydrogen) atoms. The monoisotopic (exact) mass is 391 g/mol. The highest BCUT2D eigenvalue weighted by Gasteiger charge is 2.11. The van der Waals surface area contributed by atoms with Gasteiger partial charge in [0.15, 0.2) is 0 Å². The van der Waals surface area contributed by atoms with Crippen LogP contribution >= 0.6 is 0 Å². The smallest absolute Gasteiger partial charge is 0.0567 e. The summed E-state index contributed by atoms with van der Waals surface area (Å²) in [7, 11) is 3.97. The summed E-state index contributed by atoms with van der Waals surface area (Å²) in [4.78, 5) is 2.10. The number of nitrogens with one attached hydrogen (secondary N) is 3. The van der Waals surface area contributed by atoms with E-state index in [2.05, 4.69) is 96.2 Å². The molecule has 0 heterocycles. The van der Waals surface area contributed by atoms with Crippen LogP contribution in [0, 0.1) is 13.8 Å². The second-order valence-corrected chi connectivity index (χ2v) is 7.17. The van der Waals surface area contributed by atoms with E-state index in [9.17, 15) is 0 Å². The Balaban J connectivity index is 2.13. The molecule has 5 nitrogen and oxygen atoms in total. The molecule has 0 aliphatic rings. The van der Waals surface area contributed by atoms with Crippen molar-refractivity contribution in [2.24, 2.45) is 5.10 Å². The predicted molar refractivity (Wildman–Crippen MR) is 128 cm³/mol. The normalized spacial score (nSPS) is 10.2. The lowest BCUT2D eigenvalue weighted by Crippen LogP contribution is -2.24. The number of rotatable bonds is 11. The van der Waals surface area contributed by atoms with Crippen molar-refractivity contribution in [1.29, 1.82) is 0 Å². The number of hydrogen-bond donors (Lipinski definition) is 3. The average molecular weight is 392 g/mol. The fourth-order valence-corrected chi connectivity index (χ4v) is 3.36. The van der Waals surface area contributed by atoms with Crippen molar-refractivity contribution < 1.29 is 0 Å². The van der Waals surface area contributed by atoms with Gasteiger partial charge >= 0.3 is 0 Å². The van der Waals surface area contributed by atoms with Crippen molar-refractivity contribution in [1.82, 2.24) is 10.3 Å². The van der Waals surface area contributed by atoms with Crippen molar-refractivity contribution in [3.8, 4) is 11.1 Å². The molecule has 0 aliphatic carbocycles. The Kier molecular flexibility index (Phi) is 7.89. The van der Waals surface area contributed by atoms with Crippen LogP contribution in [0.1, 0.15) is 17.5 Å². The average Bonchev–Trinajstić information content (AvgIpc) is 2.70. The van der Waals surface area contributed by atoms with E-state index < -0.39 is 0 Å². The van der Waals surface area contributed by atoms with Gasteiger partial charge in [0.25, 0.3) is 0 Å². The highest BCUT2D eigenvalue weighted by molar-refractivity contribution is 5.79. The van der Waals surface area contributed by atoms with Crippen LogP contribution in [0.25, 0.3) is 11.1 Å². The van der Waals surface area contributed by atoms with Gasteiger partial charge in [0.1, 0.15) is 0 Å². The van der Waals surface area contributed by atoms with Gasteiger partial charge < -0.3 is 21.0 Å². The summed E-state index contributed by atoms with van der Waals surface area (Å²) in [6.07, 6.45) is 0.804. The predicted octanol–water partition coefficient (Wildman–Crippen LogP) is 4.98. The number of hydrazone groups is 1. The summed E-state index contributed by atoms with van der Waals surface area (Å²) in [5, 5.41) is 10.4. The van der Waals surface area contributed by atoms with Crippen LogP contribution in [0.3, 0.4) is 0 Å².